The minimum Gasteiger partial charge on any atom is -0.497 e. The zero-order valence-electron chi connectivity index (χ0n) is 13.4. The van der Waals surface area contributed by atoms with E-state index in [9.17, 15) is 9.59 Å². The molecule has 3 rings (SSSR count). The Labute approximate surface area is 139 Å². The fraction of sp³-hybridized carbons (Fsp3) is 0.235. The van der Waals surface area contributed by atoms with E-state index in [-0.39, 0.29) is 18.2 Å². The van der Waals surface area contributed by atoms with Gasteiger partial charge in [0, 0.05) is 11.8 Å². The van der Waals surface area contributed by atoms with Gasteiger partial charge in [-0.25, -0.2) is 9.88 Å². The molecule has 1 N–H and O–H groups in total. The van der Waals surface area contributed by atoms with Gasteiger partial charge in [-0.1, -0.05) is 0 Å². The van der Waals surface area contributed by atoms with Crippen LogP contribution < -0.4 is 19.7 Å². The van der Waals surface area contributed by atoms with Gasteiger partial charge in [0.1, 0.15) is 11.8 Å². The Bertz CT molecular complexity index is 743. The van der Waals surface area contributed by atoms with Crippen molar-refractivity contribution in [2.45, 2.75) is 12.5 Å². The van der Waals surface area contributed by atoms with Crippen molar-refractivity contribution in [2.24, 2.45) is 0 Å². The number of benzene rings is 1. The number of carbonyl (C=O) groups is 2. The predicted molar refractivity (Wildman–Crippen MR) is 88.3 cm³/mol. The van der Waals surface area contributed by atoms with Crippen molar-refractivity contribution in [1.29, 1.82) is 0 Å². The molecule has 0 radical (unpaired) electrons. The molecule has 1 atom stereocenters. The first-order valence-corrected chi connectivity index (χ1v) is 7.40. The number of hydrogen-bond donors (Lipinski definition) is 1. The maximum absolute atomic E-state index is 12.6. The number of nitrogens with one attached hydrogen (secondary N) is 1. The first-order valence-electron chi connectivity index (χ1n) is 7.40. The van der Waals surface area contributed by atoms with Crippen LogP contribution in [0.25, 0.3) is 0 Å². The fourth-order valence-corrected chi connectivity index (χ4v) is 2.53. The van der Waals surface area contributed by atoms with Crippen molar-refractivity contribution in [3.63, 3.8) is 0 Å². The van der Waals surface area contributed by atoms with Crippen LogP contribution in [0, 0.1) is 0 Å². The molecule has 1 fully saturated rings. The predicted octanol–water partition coefficient (Wildman–Crippen LogP) is 1.84. The molecule has 0 saturated carbocycles. The molecular formula is C17H17N3O4. The molecule has 1 aromatic heterocycles. The highest BCUT2D eigenvalue weighted by Crippen LogP contribution is 2.26. The molecular weight excluding hydrogens is 310 g/mol. The Morgan fingerprint density at radius 2 is 1.83 bits per heavy atom. The van der Waals surface area contributed by atoms with Crippen molar-refractivity contribution in [1.82, 2.24) is 4.98 Å². The number of carbonyl (C=O) groups excluding carboxylic acids is 2. The summed E-state index contributed by atoms with van der Waals surface area (Å²) in [6.45, 7) is 0. The van der Waals surface area contributed by atoms with Crippen molar-refractivity contribution in [3.05, 3.63) is 42.6 Å². The first-order chi connectivity index (χ1) is 11.6. The maximum atomic E-state index is 12.6. The summed E-state index contributed by atoms with van der Waals surface area (Å²) in [7, 11) is 3.09. The van der Waals surface area contributed by atoms with E-state index in [1.807, 2.05) is 0 Å². The summed E-state index contributed by atoms with van der Waals surface area (Å²) in [5.74, 6) is 0.576. The lowest BCUT2D eigenvalue weighted by molar-refractivity contribution is -0.121. The molecule has 2 heterocycles. The van der Waals surface area contributed by atoms with E-state index in [1.54, 1.807) is 43.5 Å². The molecule has 1 saturated heterocycles. The van der Waals surface area contributed by atoms with Gasteiger partial charge in [0.25, 0.3) is 5.91 Å². The molecule has 1 aromatic carbocycles. The molecule has 1 aliphatic heterocycles. The van der Waals surface area contributed by atoms with E-state index in [1.165, 1.54) is 13.3 Å². The van der Waals surface area contributed by atoms with Crippen LogP contribution in [0.5, 0.6) is 11.6 Å². The summed E-state index contributed by atoms with van der Waals surface area (Å²) < 4.78 is 10.1. The standard InChI is InChI=1S/C17H17N3O4/c1-23-13-6-3-11(4-7-13)19-14-9-16(21)20(17(14)22)12-5-8-15(24-2)18-10-12/h3-8,10,14,19H,9H2,1-2H3. The number of nitrogens with zero attached hydrogens (tertiary/aromatic N) is 2. The lowest BCUT2D eigenvalue weighted by atomic mass is 10.2. The van der Waals surface area contributed by atoms with Gasteiger partial charge >= 0.3 is 0 Å². The number of rotatable bonds is 5. The third kappa shape index (κ3) is 3.01. The van der Waals surface area contributed by atoms with Crippen LogP contribution in [0.3, 0.4) is 0 Å². The molecule has 2 amide bonds. The van der Waals surface area contributed by atoms with E-state index in [0.717, 1.165) is 16.3 Å². The van der Waals surface area contributed by atoms with Crippen LogP contribution in [0.2, 0.25) is 0 Å². The second-order valence-electron chi connectivity index (χ2n) is 5.26. The van der Waals surface area contributed by atoms with E-state index in [4.69, 9.17) is 9.47 Å². The van der Waals surface area contributed by atoms with Crippen LogP contribution in [0.15, 0.2) is 42.6 Å². The number of amides is 2. The summed E-state index contributed by atoms with van der Waals surface area (Å²) in [6.07, 6.45) is 1.54. The molecule has 1 unspecified atom stereocenters. The van der Waals surface area contributed by atoms with E-state index < -0.39 is 6.04 Å². The Morgan fingerprint density at radius 1 is 1.08 bits per heavy atom. The number of anilines is 2. The topological polar surface area (TPSA) is 80.8 Å². The van der Waals surface area contributed by atoms with Gasteiger partial charge in [-0.15, -0.1) is 0 Å². The Hall–Kier alpha value is -3.09. The van der Waals surface area contributed by atoms with Crippen molar-refractivity contribution < 1.29 is 19.1 Å². The molecule has 7 nitrogen and oxygen atoms in total. The van der Waals surface area contributed by atoms with Gasteiger partial charge in [0.2, 0.25) is 11.8 Å². The number of pyridine rings is 1. The summed E-state index contributed by atoms with van der Waals surface area (Å²) >= 11 is 0. The lowest BCUT2D eigenvalue weighted by Crippen LogP contribution is -2.34. The van der Waals surface area contributed by atoms with Gasteiger partial charge in [0.15, 0.2) is 0 Å². The zero-order valence-corrected chi connectivity index (χ0v) is 13.4. The highest BCUT2D eigenvalue weighted by molar-refractivity contribution is 6.23. The Morgan fingerprint density at radius 3 is 2.42 bits per heavy atom. The third-order valence-corrected chi connectivity index (χ3v) is 3.77. The van der Waals surface area contributed by atoms with Crippen molar-refractivity contribution >= 4 is 23.2 Å². The lowest BCUT2D eigenvalue weighted by Gasteiger charge is -2.16. The SMILES string of the molecule is COc1ccc(NC2CC(=O)N(c3ccc(OC)nc3)C2=O)cc1. The minimum atomic E-state index is -0.604. The van der Waals surface area contributed by atoms with Gasteiger partial charge in [-0.2, -0.15) is 0 Å². The van der Waals surface area contributed by atoms with Gasteiger partial charge < -0.3 is 14.8 Å². The molecule has 1 aliphatic rings. The first kappa shape index (κ1) is 15.8. The van der Waals surface area contributed by atoms with Crippen LogP contribution >= 0.6 is 0 Å². The number of hydrogen-bond acceptors (Lipinski definition) is 6. The average Bonchev–Trinajstić information content (AvgIpc) is 2.89. The largest absolute Gasteiger partial charge is 0.497 e. The molecule has 0 spiro atoms. The molecule has 24 heavy (non-hydrogen) atoms. The number of aromatic nitrogens is 1. The molecule has 7 heteroatoms. The van der Waals surface area contributed by atoms with E-state index in [2.05, 4.69) is 10.3 Å². The second-order valence-corrected chi connectivity index (χ2v) is 5.26. The minimum absolute atomic E-state index is 0.0941. The number of imide groups is 1. The Kier molecular flexibility index (Phi) is 4.33. The Balaban J connectivity index is 1.75. The molecule has 0 bridgehead atoms. The van der Waals surface area contributed by atoms with Crippen LogP contribution in [0.4, 0.5) is 11.4 Å². The van der Waals surface area contributed by atoms with E-state index >= 15 is 0 Å². The maximum Gasteiger partial charge on any atom is 0.256 e. The zero-order chi connectivity index (χ0) is 17.1. The smallest absolute Gasteiger partial charge is 0.256 e. The molecule has 0 aliphatic carbocycles. The summed E-state index contributed by atoms with van der Waals surface area (Å²) in [5.41, 5.74) is 1.18. The number of ether oxygens (including phenoxy) is 2. The monoisotopic (exact) mass is 327 g/mol. The normalized spacial score (nSPS) is 17.1. The van der Waals surface area contributed by atoms with Crippen molar-refractivity contribution in [2.75, 3.05) is 24.4 Å². The van der Waals surface area contributed by atoms with Crippen LogP contribution in [-0.2, 0) is 9.59 Å². The quantitative estimate of drug-likeness (QED) is 0.844. The van der Waals surface area contributed by atoms with Gasteiger partial charge in [-0.05, 0) is 30.3 Å². The number of methoxy groups -OCH3 is 2. The highest BCUT2D eigenvalue weighted by Gasteiger charge is 2.39. The van der Waals surface area contributed by atoms with Crippen LogP contribution in [-0.4, -0.2) is 37.1 Å². The second kappa shape index (κ2) is 6.57. The summed E-state index contributed by atoms with van der Waals surface area (Å²) in [6, 6.07) is 9.82. The summed E-state index contributed by atoms with van der Waals surface area (Å²) in [5, 5.41) is 3.08. The third-order valence-electron chi connectivity index (χ3n) is 3.77. The molecule has 2 aromatic rings. The summed E-state index contributed by atoms with van der Waals surface area (Å²) in [4.78, 5) is 30.0. The average molecular weight is 327 g/mol. The van der Waals surface area contributed by atoms with Crippen molar-refractivity contribution in [3.8, 4) is 11.6 Å². The van der Waals surface area contributed by atoms with Gasteiger partial charge in [-0.3, -0.25) is 9.59 Å². The van der Waals surface area contributed by atoms with Crippen LogP contribution in [0.1, 0.15) is 6.42 Å². The fourth-order valence-electron chi connectivity index (χ4n) is 2.53. The van der Waals surface area contributed by atoms with E-state index in [0.29, 0.717) is 11.6 Å². The molecule has 124 valence electrons. The van der Waals surface area contributed by atoms with Gasteiger partial charge in [0.05, 0.1) is 32.5 Å². The highest BCUT2D eigenvalue weighted by atomic mass is 16.5.